The maximum absolute atomic E-state index is 13.7. The molecule has 18 heteroatoms. The lowest BCUT2D eigenvalue weighted by Crippen LogP contribution is -2.34. The Morgan fingerprint density at radius 2 is 1.25 bits per heavy atom. The third-order valence-corrected chi connectivity index (χ3v) is 9.61. The molecule has 1 amide bonds. The Hall–Kier alpha value is -4.96. The van der Waals surface area contributed by atoms with Crippen LogP contribution in [0.15, 0.2) is 65.6 Å². The molecule has 0 atom stereocenters. The van der Waals surface area contributed by atoms with Crippen molar-refractivity contribution in [1.82, 2.24) is 35.5 Å². The number of carbonyl (C=O) groups is 2. The van der Waals surface area contributed by atoms with E-state index in [-0.39, 0.29) is 32.3 Å². The van der Waals surface area contributed by atoms with E-state index >= 15 is 0 Å². The maximum Gasteiger partial charge on any atom is 0.315 e. The third-order valence-electron chi connectivity index (χ3n) is 8.99. The molecule has 0 radical (unpaired) electrons. The largest absolute Gasteiger partial charge is 0.415 e. The summed E-state index contributed by atoms with van der Waals surface area (Å²) in [5.41, 5.74) is 1.71. The van der Waals surface area contributed by atoms with E-state index in [9.17, 15) is 35.9 Å². The summed E-state index contributed by atoms with van der Waals surface area (Å²) in [4.78, 5) is 39.5. The number of aromatic nitrogens is 6. The van der Waals surface area contributed by atoms with E-state index in [0.717, 1.165) is 36.8 Å². The fraction of sp³-hybridized carbons (Fsp3) is 0.314. The second-order valence-corrected chi connectivity index (χ2v) is 13.5. The molecule has 53 heavy (non-hydrogen) atoms. The average molecular weight is 779 g/mol. The number of carbonyl (C=O) groups excluding carboxylic acids is 2. The minimum atomic E-state index is -3.18. The predicted octanol–water partition coefficient (Wildman–Crippen LogP) is 7.64. The molecule has 0 unspecified atom stereocenters. The van der Waals surface area contributed by atoms with Crippen LogP contribution >= 0.6 is 23.2 Å². The zero-order valence-electron chi connectivity index (χ0n) is 27.3. The molecule has 5 aromatic rings. The van der Waals surface area contributed by atoms with Crippen molar-refractivity contribution >= 4 is 34.9 Å². The first kappa shape index (κ1) is 37.8. The zero-order chi connectivity index (χ0) is 37.9. The number of nitrogens with zero attached hydrogens (tertiary/aromatic N) is 6. The van der Waals surface area contributed by atoms with Gasteiger partial charge in [-0.3, -0.25) is 9.59 Å². The second-order valence-electron chi connectivity index (χ2n) is 12.6. The van der Waals surface area contributed by atoms with Gasteiger partial charge in [-0.2, -0.15) is 17.6 Å². The average Bonchev–Trinajstić information content (AvgIpc) is 4.06. The molecule has 0 aliphatic heterocycles. The van der Waals surface area contributed by atoms with Gasteiger partial charge in [-0.15, -0.1) is 10.2 Å². The molecule has 3 heterocycles. The minimum absolute atomic E-state index is 0.0623. The van der Waals surface area contributed by atoms with Gasteiger partial charge in [-0.25, -0.2) is 28.7 Å². The van der Waals surface area contributed by atoms with Crippen molar-refractivity contribution in [2.75, 3.05) is 6.54 Å². The highest BCUT2D eigenvalue weighted by atomic mass is 35.5. The third kappa shape index (κ3) is 8.99. The van der Waals surface area contributed by atoms with Crippen LogP contribution in [0.25, 0.3) is 11.5 Å². The van der Waals surface area contributed by atoms with Gasteiger partial charge in [0.1, 0.15) is 23.3 Å². The van der Waals surface area contributed by atoms with Crippen molar-refractivity contribution in [1.29, 1.82) is 0 Å². The smallest absolute Gasteiger partial charge is 0.315 e. The summed E-state index contributed by atoms with van der Waals surface area (Å²) < 4.78 is 81.5. The van der Waals surface area contributed by atoms with Crippen molar-refractivity contribution in [2.45, 2.75) is 62.2 Å². The van der Waals surface area contributed by atoms with Gasteiger partial charge >= 0.3 is 12.9 Å². The summed E-state index contributed by atoms with van der Waals surface area (Å²) in [5, 5.41) is 8.82. The van der Waals surface area contributed by atoms with Gasteiger partial charge < -0.3 is 9.73 Å². The van der Waals surface area contributed by atoms with Crippen LogP contribution in [0, 0.1) is 11.6 Å². The number of benzene rings is 2. The Balaban J connectivity index is 0.000000181. The summed E-state index contributed by atoms with van der Waals surface area (Å²) in [6.07, 6.45) is 4.01. The van der Waals surface area contributed by atoms with E-state index in [2.05, 4.69) is 30.1 Å². The molecule has 2 fully saturated rings. The van der Waals surface area contributed by atoms with E-state index < -0.39 is 48.6 Å². The fourth-order valence-electron chi connectivity index (χ4n) is 5.63. The summed E-state index contributed by atoms with van der Waals surface area (Å²) in [6, 6.07) is 9.53. The van der Waals surface area contributed by atoms with Crippen LogP contribution in [-0.4, -0.2) is 54.8 Å². The molecule has 0 spiro atoms. The van der Waals surface area contributed by atoms with Crippen LogP contribution in [0.5, 0.6) is 0 Å². The lowest BCUT2D eigenvalue weighted by molar-refractivity contribution is -0.131. The molecular weight excluding hydrogens is 751 g/mol. The van der Waals surface area contributed by atoms with Crippen molar-refractivity contribution in [3.05, 3.63) is 117 Å². The van der Waals surface area contributed by atoms with Crippen molar-refractivity contribution in [3.8, 4) is 11.5 Å². The molecule has 7 rings (SSSR count). The molecular formula is C35H27Cl2F6N7O3. The molecule has 0 bridgehead atoms. The molecule has 10 nitrogen and oxygen atoms in total. The highest BCUT2D eigenvalue weighted by Crippen LogP contribution is 2.51. The topological polar surface area (TPSA) is 137 Å². The van der Waals surface area contributed by atoms with Gasteiger partial charge in [-0.05, 0) is 61.1 Å². The minimum Gasteiger partial charge on any atom is -0.415 e. The number of amides is 1. The van der Waals surface area contributed by atoms with E-state index in [4.69, 9.17) is 27.6 Å². The number of hydrogen-bond acceptors (Lipinski definition) is 9. The van der Waals surface area contributed by atoms with Gasteiger partial charge in [0.15, 0.2) is 5.78 Å². The van der Waals surface area contributed by atoms with Crippen LogP contribution < -0.4 is 5.32 Å². The molecule has 1 N–H and O–H groups in total. The first-order valence-electron chi connectivity index (χ1n) is 16.0. The Morgan fingerprint density at radius 1 is 0.755 bits per heavy atom. The molecule has 2 aliphatic carbocycles. The Morgan fingerprint density at radius 3 is 1.66 bits per heavy atom. The predicted molar refractivity (Wildman–Crippen MR) is 178 cm³/mol. The van der Waals surface area contributed by atoms with Crippen molar-refractivity contribution < 1.29 is 40.3 Å². The van der Waals surface area contributed by atoms with Crippen LogP contribution in [0.2, 0.25) is 10.0 Å². The van der Waals surface area contributed by atoms with Gasteiger partial charge in [0.05, 0.1) is 27.7 Å². The highest BCUT2D eigenvalue weighted by Gasteiger charge is 2.46. The summed E-state index contributed by atoms with van der Waals surface area (Å²) in [5.74, 6) is -2.76. The van der Waals surface area contributed by atoms with E-state index in [1.165, 1.54) is 43.0 Å². The molecule has 2 aromatic carbocycles. The summed E-state index contributed by atoms with van der Waals surface area (Å²) >= 11 is 11.5. The Kier molecular flexibility index (Phi) is 11.1. The number of ketones is 1. The first-order valence-corrected chi connectivity index (χ1v) is 16.8. The van der Waals surface area contributed by atoms with E-state index in [0.29, 0.717) is 30.1 Å². The molecule has 2 aliphatic rings. The molecule has 276 valence electrons. The van der Waals surface area contributed by atoms with Crippen LogP contribution in [0.3, 0.4) is 0 Å². The quantitative estimate of drug-likeness (QED) is 0.100. The SMILES string of the molecule is Fc1cc(C2(Cc3ncc(-c4nnc(C(F)F)o4)cn3)CC2)ccc1Cl.O=C(CNC(=O)C(F)F)c1cnc(CC2(c3ccc(Cl)c(F)c3)CC2)nc1. The number of Topliss-reactive ketones (excluding diaryl/α,β-unsaturated/α-hetero) is 1. The van der Waals surface area contributed by atoms with Crippen LogP contribution in [-0.2, 0) is 28.5 Å². The normalized spacial score (nSPS) is 15.1. The monoisotopic (exact) mass is 777 g/mol. The lowest BCUT2D eigenvalue weighted by Gasteiger charge is -2.15. The number of nitrogens with one attached hydrogen (secondary N) is 1. The lowest BCUT2D eigenvalue weighted by atomic mass is 9.92. The number of halogens is 8. The van der Waals surface area contributed by atoms with Gasteiger partial charge in [0.2, 0.25) is 0 Å². The van der Waals surface area contributed by atoms with Gasteiger partial charge in [0, 0.05) is 48.5 Å². The zero-order valence-corrected chi connectivity index (χ0v) is 28.8. The number of alkyl halides is 4. The van der Waals surface area contributed by atoms with E-state index in [1.54, 1.807) is 12.1 Å². The van der Waals surface area contributed by atoms with Crippen molar-refractivity contribution in [2.24, 2.45) is 0 Å². The van der Waals surface area contributed by atoms with Gasteiger partial charge in [-0.1, -0.05) is 35.3 Å². The van der Waals surface area contributed by atoms with Crippen molar-refractivity contribution in [3.63, 3.8) is 0 Å². The summed E-state index contributed by atoms with van der Waals surface area (Å²) in [6.45, 7) is -0.556. The number of hydrogen-bond donors (Lipinski definition) is 1. The number of rotatable bonds is 12. The molecule has 2 saturated carbocycles. The van der Waals surface area contributed by atoms with Gasteiger partial charge in [0.25, 0.3) is 17.7 Å². The van der Waals surface area contributed by atoms with Crippen LogP contribution in [0.4, 0.5) is 26.3 Å². The van der Waals surface area contributed by atoms with E-state index in [1.807, 2.05) is 11.4 Å². The van der Waals surface area contributed by atoms with Crippen LogP contribution in [0.1, 0.15) is 71.1 Å². The highest BCUT2D eigenvalue weighted by molar-refractivity contribution is 6.31. The summed E-state index contributed by atoms with van der Waals surface area (Å²) in [7, 11) is 0. The first-order chi connectivity index (χ1) is 25.3. The molecule has 0 saturated heterocycles. The Bertz CT molecular complexity index is 2110. The standard InChI is InChI=1S/C18H15ClF3N3O2.C17H12ClF3N4O/c19-12-2-1-11(5-13(12)20)18(3-4-18)6-15-23-7-10(8-24-15)14(26)9-25-17(27)16(21)22;18-11-2-1-10(5-12(11)19)17(3-4-17)6-13-22-7-9(8-23-13)15-24-25-16(26-15)14(20)21/h1-2,5,7-8,16H,3-4,6,9H2,(H,25,27);1-2,5,7-8,14H,3-4,6H2. The Labute approximate surface area is 307 Å². The fourth-order valence-corrected chi connectivity index (χ4v) is 5.86. The second kappa shape index (κ2) is 15.6. The maximum atomic E-state index is 13.7. The molecule has 3 aromatic heterocycles.